The first-order valence-electron chi connectivity index (χ1n) is 5.91. The van der Waals surface area contributed by atoms with Gasteiger partial charge in [0, 0.05) is 29.7 Å². The third kappa shape index (κ3) is 1.87. The van der Waals surface area contributed by atoms with Gasteiger partial charge in [0.25, 0.3) is 0 Å². The number of benzene rings is 1. The molecule has 0 radical (unpaired) electrons. The molecule has 18 heavy (non-hydrogen) atoms. The molecule has 0 unspecified atom stereocenters. The Morgan fingerprint density at radius 1 is 1.33 bits per heavy atom. The van der Waals surface area contributed by atoms with Crippen molar-refractivity contribution >= 4 is 34.1 Å². The molecule has 1 amide bonds. The number of nitrogens with one attached hydrogen (secondary N) is 1. The first-order chi connectivity index (χ1) is 8.65. The molecule has 1 aliphatic rings. The molecule has 4 nitrogen and oxygen atoms in total. The van der Waals surface area contributed by atoms with Gasteiger partial charge in [0.2, 0.25) is 5.91 Å². The fraction of sp³-hybridized carbons (Fsp3) is 0.308. The van der Waals surface area contributed by atoms with Crippen molar-refractivity contribution < 1.29 is 4.79 Å². The fourth-order valence-electron chi connectivity index (χ4n) is 2.37. The van der Waals surface area contributed by atoms with Gasteiger partial charge in [0.1, 0.15) is 0 Å². The van der Waals surface area contributed by atoms with Crippen molar-refractivity contribution in [1.29, 1.82) is 0 Å². The highest BCUT2D eigenvalue weighted by Gasteiger charge is 2.24. The maximum Gasteiger partial charge on any atom is 0.241 e. The number of amides is 1. The van der Waals surface area contributed by atoms with Gasteiger partial charge in [-0.05, 0) is 25.2 Å². The van der Waals surface area contributed by atoms with E-state index in [1.54, 1.807) is 0 Å². The van der Waals surface area contributed by atoms with E-state index in [9.17, 15) is 4.79 Å². The van der Waals surface area contributed by atoms with E-state index in [4.69, 9.17) is 11.6 Å². The number of carbonyl (C=O) groups excluding carboxylic acids is 1. The van der Waals surface area contributed by atoms with E-state index in [0.717, 1.165) is 23.1 Å². The van der Waals surface area contributed by atoms with E-state index in [1.165, 1.54) is 0 Å². The Hall–Kier alpha value is -1.52. The van der Waals surface area contributed by atoms with Crippen LogP contribution in [0, 0.1) is 0 Å². The second-order valence-corrected chi connectivity index (χ2v) is 5.09. The van der Waals surface area contributed by atoms with Gasteiger partial charge in [-0.25, -0.2) is 0 Å². The molecule has 1 N–H and O–H groups in total. The van der Waals surface area contributed by atoms with Crippen molar-refractivity contribution in [3.8, 4) is 0 Å². The molecule has 0 saturated carbocycles. The molecular formula is C13H14ClN3O. The third-order valence-electron chi connectivity index (χ3n) is 3.31. The maximum absolute atomic E-state index is 12.1. The molecule has 5 heteroatoms. The summed E-state index contributed by atoms with van der Waals surface area (Å²) in [6.07, 6.45) is 1.87. The lowest BCUT2D eigenvalue weighted by Crippen LogP contribution is -2.49. The van der Waals surface area contributed by atoms with Crippen LogP contribution < -0.4 is 4.90 Å². The molecule has 0 atom stereocenters. The van der Waals surface area contributed by atoms with E-state index < -0.39 is 0 Å². The normalized spacial score (nSPS) is 17.7. The molecule has 94 valence electrons. The van der Waals surface area contributed by atoms with Crippen molar-refractivity contribution in [2.75, 3.05) is 31.6 Å². The molecule has 3 rings (SSSR count). The molecule has 1 saturated heterocycles. The number of carbonyl (C=O) groups is 1. The Balaban J connectivity index is 2.08. The molecule has 0 bridgehead atoms. The van der Waals surface area contributed by atoms with Crippen LogP contribution in [0.15, 0.2) is 24.4 Å². The predicted octanol–water partition coefficient (Wildman–Crippen LogP) is 2.10. The first-order valence-corrected chi connectivity index (χ1v) is 6.28. The summed E-state index contributed by atoms with van der Waals surface area (Å²) >= 11 is 6.11. The number of aromatic nitrogens is 1. The highest BCUT2D eigenvalue weighted by molar-refractivity contribution is 6.32. The number of aromatic amines is 1. The number of rotatable bonds is 1. The van der Waals surface area contributed by atoms with Gasteiger partial charge in [-0.1, -0.05) is 11.6 Å². The average Bonchev–Trinajstić information content (AvgIpc) is 2.76. The van der Waals surface area contributed by atoms with E-state index in [-0.39, 0.29) is 5.91 Å². The second-order valence-electron chi connectivity index (χ2n) is 4.65. The van der Waals surface area contributed by atoms with E-state index in [1.807, 2.05) is 41.2 Å². The van der Waals surface area contributed by atoms with Crippen molar-refractivity contribution in [2.45, 2.75) is 0 Å². The number of hydrogen-bond donors (Lipinski definition) is 1. The number of nitrogens with zero attached hydrogens (tertiary/aromatic N) is 2. The molecule has 1 aromatic carbocycles. The average molecular weight is 264 g/mol. The quantitative estimate of drug-likeness (QED) is 0.856. The number of hydrogen-bond acceptors (Lipinski definition) is 2. The third-order valence-corrected chi connectivity index (χ3v) is 3.52. The number of likely N-dealkylation sites (N-methyl/N-ethyl adjacent to an activating group) is 1. The minimum absolute atomic E-state index is 0.113. The number of piperazine rings is 1. The molecule has 1 fully saturated rings. The summed E-state index contributed by atoms with van der Waals surface area (Å²) in [5, 5.41) is 1.69. The predicted molar refractivity (Wildman–Crippen MR) is 73.2 cm³/mol. The van der Waals surface area contributed by atoms with Crippen LogP contribution in [0.1, 0.15) is 0 Å². The first kappa shape index (κ1) is 11.6. The lowest BCUT2D eigenvalue weighted by atomic mass is 10.2. The van der Waals surface area contributed by atoms with Crippen molar-refractivity contribution in [3.63, 3.8) is 0 Å². The van der Waals surface area contributed by atoms with Crippen LogP contribution >= 0.6 is 11.6 Å². The summed E-state index contributed by atoms with van der Waals surface area (Å²) in [6, 6.07) is 5.71. The molecule has 1 aliphatic heterocycles. The van der Waals surface area contributed by atoms with Gasteiger partial charge >= 0.3 is 0 Å². The molecule has 0 aliphatic carbocycles. The fourth-order valence-corrected chi connectivity index (χ4v) is 2.60. The minimum Gasteiger partial charge on any atom is -0.359 e. The lowest BCUT2D eigenvalue weighted by Gasteiger charge is -2.32. The highest BCUT2D eigenvalue weighted by Crippen LogP contribution is 2.30. The Kier molecular flexibility index (Phi) is 2.76. The van der Waals surface area contributed by atoms with Gasteiger partial charge < -0.3 is 9.88 Å². The van der Waals surface area contributed by atoms with Crippen LogP contribution in [0.2, 0.25) is 5.02 Å². The number of halogens is 1. The molecule has 2 heterocycles. The molecule has 0 spiro atoms. The number of H-pyrrole nitrogens is 1. The highest BCUT2D eigenvalue weighted by atomic mass is 35.5. The molecular weight excluding hydrogens is 250 g/mol. The summed E-state index contributed by atoms with van der Waals surface area (Å²) in [4.78, 5) is 19.1. The summed E-state index contributed by atoms with van der Waals surface area (Å²) in [5.41, 5.74) is 1.85. The van der Waals surface area contributed by atoms with Crippen LogP contribution in [0.4, 0.5) is 5.69 Å². The largest absolute Gasteiger partial charge is 0.359 e. The number of fused-ring (bicyclic) bond motifs is 1. The summed E-state index contributed by atoms with van der Waals surface area (Å²) < 4.78 is 0. The van der Waals surface area contributed by atoms with Crippen molar-refractivity contribution in [2.24, 2.45) is 0 Å². The second kappa shape index (κ2) is 4.30. The van der Waals surface area contributed by atoms with E-state index in [2.05, 4.69) is 4.98 Å². The zero-order chi connectivity index (χ0) is 12.7. The summed E-state index contributed by atoms with van der Waals surface area (Å²) in [7, 11) is 1.96. The minimum atomic E-state index is 0.113. The van der Waals surface area contributed by atoms with Gasteiger partial charge in [0.05, 0.1) is 17.7 Å². The monoisotopic (exact) mass is 263 g/mol. The maximum atomic E-state index is 12.1. The standard InChI is InChI=1S/C13H14ClN3O/c1-16-4-5-17(12(18)8-16)11-7-10(14)6-9-2-3-15-13(9)11/h2-3,6-7,15H,4-5,8H2,1H3. The zero-order valence-electron chi connectivity index (χ0n) is 10.1. The Morgan fingerprint density at radius 2 is 2.17 bits per heavy atom. The van der Waals surface area contributed by atoms with Crippen molar-refractivity contribution in [1.82, 2.24) is 9.88 Å². The van der Waals surface area contributed by atoms with Gasteiger partial charge in [-0.3, -0.25) is 9.69 Å². The number of anilines is 1. The SMILES string of the molecule is CN1CCN(c2cc(Cl)cc3cc[nH]c23)C(=O)C1. The summed E-state index contributed by atoms with van der Waals surface area (Å²) in [5.74, 6) is 0.113. The van der Waals surface area contributed by atoms with E-state index >= 15 is 0 Å². The van der Waals surface area contributed by atoms with Crippen molar-refractivity contribution in [3.05, 3.63) is 29.4 Å². The van der Waals surface area contributed by atoms with Crippen LogP contribution in [0.5, 0.6) is 0 Å². The van der Waals surface area contributed by atoms with Gasteiger partial charge in [-0.2, -0.15) is 0 Å². The molecule has 2 aromatic rings. The Bertz CT molecular complexity index is 607. The van der Waals surface area contributed by atoms with Crippen LogP contribution in [0.25, 0.3) is 10.9 Å². The smallest absolute Gasteiger partial charge is 0.241 e. The lowest BCUT2D eigenvalue weighted by molar-refractivity contribution is -0.120. The van der Waals surface area contributed by atoms with E-state index in [0.29, 0.717) is 18.1 Å². The van der Waals surface area contributed by atoms with Crippen LogP contribution in [-0.4, -0.2) is 42.5 Å². The Labute approximate surface area is 110 Å². The van der Waals surface area contributed by atoms with Crippen LogP contribution in [-0.2, 0) is 4.79 Å². The van der Waals surface area contributed by atoms with Gasteiger partial charge in [-0.15, -0.1) is 0 Å². The van der Waals surface area contributed by atoms with Gasteiger partial charge in [0.15, 0.2) is 0 Å². The zero-order valence-corrected chi connectivity index (χ0v) is 10.9. The van der Waals surface area contributed by atoms with Crippen LogP contribution in [0.3, 0.4) is 0 Å². The molecule has 1 aromatic heterocycles. The Morgan fingerprint density at radius 3 is 2.94 bits per heavy atom. The topological polar surface area (TPSA) is 39.3 Å². The summed E-state index contributed by atoms with van der Waals surface area (Å²) in [6.45, 7) is 2.03.